The third kappa shape index (κ3) is 8.11. The zero-order valence-electron chi connectivity index (χ0n) is 22.1. The van der Waals surface area contributed by atoms with E-state index in [-0.39, 0.29) is 28.2 Å². The van der Waals surface area contributed by atoms with Crippen molar-refractivity contribution in [2.45, 2.75) is 82.6 Å². The third-order valence-corrected chi connectivity index (χ3v) is 7.90. The molecule has 1 aliphatic rings. The minimum Gasteiger partial charge on any atom is -0.458 e. The molecular formula is C28H37N3O6S. The molecule has 0 saturated heterocycles. The molecule has 0 unspecified atom stereocenters. The molecule has 0 bridgehead atoms. The van der Waals surface area contributed by atoms with E-state index in [0.717, 1.165) is 64.0 Å². The van der Waals surface area contributed by atoms with Gasteiger partial charge in [-0.25, -0.2) is 22.9 Å². The summed E-state index contributed by atoms with van der Waals surface area (Å²) < 4.78 is 33.1. The first-order chi connectivity index (χ1) is 18.2. The number of ether oxygens (including phenoxy) is 1. The number of nitrogens with one attached hydrogen (secondary N) is 1. The number of benzene rings is 1. The van der Waals surface area contributed by atoms with Crippen LogP contribution in [0.15, 0.2) is 47.5 Å². The SMILES string of the molecule is CCCCN(CCCC)C(=O)c1ccc(S(=O)(=O)NC(=O)c2ccc(C(=O)OC3CCCCC3)nc2)cc1. The fraction of sp³-hybridized carbons (Fsp3) is 0.500. The van der Waals surface area contributed by atoms with Crippen LogP contribution < -0.4 is 4.72 Å². The number of carbonyl (C=O) groups is 3. The third-order valence-electron chi connectivity index (χ3n) is 6.55. The van der Waals surface area contributed by atoms with Crippen molar-refractivity contribution in [3.05, 3.63) is 59.4 Å². The number of unbranched alkanes of at least 4 members (excludes halogenated alkanes) is 2. The molecule has 1 aromatic carbocycles. The van der Waals surface area contributed by atoms with Crippen molar-refractivity contribution in [1.82, 2.24) is 14.6 Å². The van der Waals surface area contributed by atoms with Gasteiger partial charge >= 0.3 is 5.97 Å². The summed E-state index contributed by atoms with van der Waals surface area (Å²) >= 11 is 0. The van der Waals surface area contributed by atoms with Gasteiger partial charge < -0.3 is 9.64 Å². The molecule has 1 aliphatic carbocycles. The first kappa shape index (κ1) is 29.3. The second kappa shape index (κ2) is 14.0. The van der Waals surface area contributed by atoms with Crippen molar-refractivity contribution < 1.29 is 27.5 Å². The smallest absolute Gasteiger partial charge is 0.357 e. The van der Waals surface area contributed by atoms with E-state index >= 15 is 0 Å². The summed E-state index contributed by atoms with van der Waals surface area (Å²) in [4.78, 5) is 43.5. The summed E-state index contributed by atoms with van der Waals surface area (Å²) in [5.74, 6) is -1.59. The number of pyridine rings is 1. The van der Waals surface area contributed by atoms with Crippen LogP contribution >= 0.6 is 0 Å². The topological polar surface area (TPSA) is 123 Å². The average Bonchev–Trinajstić information content (AvgIpc) is 2.93. The fourth-order valence-electron chi connectivity index (χ4n) is 4.26. The number of rotatable bonds is 12. The van der Waals surface area contributed by atoms with Gasteiger partial charge in [0.2, 0.25) is 0 Å². The summed E-state index contributed by atoms with van der Waals surface area (Å²) in [5, 5.41) is 0. The largest absolute Gasteiger partial charge is 0.458 e. The maximum atomic E-state index is 12.9. The van der Waals surface area contributed by atoms with E-state index in [1.807, 2.05) is 4.72 Å². The summed E-state index contributed by atoms with van der Waals surface area (Å²) in [7, 11) is -4.19. The summed E-state index contributed by atoms with van der Waals surface area (Å²) in [6.07, 6.45) is 9.59. The van der Waals surface area contributed by atoms with E-state index in [2.05, 4.69) is 18.8 Å². The van der Waals surface area contributed by atoms with Crippen LogP contribution in [0.5, 0.6) is 0 Å². The molecule has 0 aliphatic heterocycles. The molecule has 0 spiro atoms. The van der Waals surface area contributed by atoms with Gasteiger partial charge in [0, 0.05) is 24.8 Å². The zero-order valence-corrected chi connectivity index (χ0v) is 23.0. The highest BCUT2D eigenvalue weighted by Gasteiger charge is 2.23. The minimum atomic E-state index is -4.19. The lowest BCUT2D eigenvalue weighted by Gasteiger charge is -2.22. The van der Waals surface area contributed by atoms with E-state index in [1.165, 1.54) is 36.4 Å². The van der Waals surface area contributed by atoms with Gasteiger partial charge in [-0.15, -0.1) is 0 Å². The maximum Gasteiger partial charge on any atom is 0.357 e. The van der Waals surface area contributed by atoms with E-state index in [1.54, 1.807) is 4.90 Å². The number of hydrogen-bond donors (Lipinski definition) is 1. The molecule has 0 atom stereocenters. The Balaban J connectivity index is 1.62. The Morgan fingerprint density at radius 1 is 0.921 bits per heavy atom. The lowest BCUT2D eigenvalue weighted by atomic mass is 9.98. The van der Waals surface area contributed by atoms with Crippen molar-refractivity contribution >= 4 is 27.8 Å². The van der Waals surface area contributed by atoms with Gasteiger partial charge in [0.25, 0.3) is 21.8 Å². The monoisotopic (exact) mass is 543 g/mol. The van der Waals surface area contributed by atoms with Crippen LogP contribution in [0.1, 0.15) is 103 Å². The van der Waals surface area contributed by atoms with Gasteiger partial charge in [0.05, 0.1) is 10.5 Å². The number of esters is 1. The lowest BCUT2D eigenvalue weighted by molar-refractivity contribution is 0.0204. The van der Waals surface area contributed by atoms with Crippen LogP contribution in [0.3, 0.4) is 0 Å². The molecule has 0 radical (unpaired) electrons. The molecule has 1 fully saturated rings. The molecule has 9 nitrogen and oxygen atoms in total. The summed E-state index contributed by atoms with van der Waals surface area (Å²) in [6.45, 7) is 5.42. The fourth-order valence-corrected chi connectivity index (χ4v) is 5.23. The molecule has 10 heteroatoms. The van der Waals surface area contributed by atoms with E-state index in [0.29, 0.717) is 18.7 Å². The molecule has 1 saturated carbocycles. The first-order valence-electron chi connectivity index (χ1n) is 13.4. The minimum absolute atomic E-state index is 0.0166. The molecule has 38 heavy (non-hydrogen) atoms. The molecule has 2 amide bonds. The quantitative estimate of drug-likeness (QED) is 0.384. The highest BCUT2D eigenvalue weighted by Crippen LogP contribution is 2.21. The van der Waals surface area contributed by atoms with E-state index in [9.17, 15) is 22.8 Å². The Kier molecular flexibility index (Phi) is 10.8. The molecule has 1 heterocycles. The molecule has 3 rings (SSSR count). The number of amides is 2. The number of hydrogen-bond acceptors (Lipinski definition) is 7. The maximum absolute atomic E-state index is 12.9. The second-order valence-electron chi connectivity index (χ2n) is 9.56. The molecule has 1 N–H and O–H groups in total. The van der Waals surface area contributed by atoms with Gasteiger partial charge in [-0.05, 0) is 74.9 Å². The molecule has 2 aromatic rings. The van der Waals surface area contributed by atoms with Crippen molar-refractivity contribution in [3.8, 4) is 0 Å². The van der Waals surface area contributed by atoms with Crippen molar-refractivity contribution in [1.29, 1.82) is 0 Å². The predicted molar refractivity (Wildman–Crippen MR) is 143 cm³/mol. The Hall–Kier alpha value is -3.27. The second-order valence-corrected chi connectivity index (χ2v) is 11.2. The Morgan fingerprint density at radius 2 is 1.53 bits per heavy atom. The standard InChI is InChI=1S/C28H37N3O6S/c1-3-5-18-31(19-6-4-2)27(33)21-12-15-24(16-13-21)38(35,36)30-26(32)22-14-17-25(29-20-22)28(34)37-23-10-8-7-9-11-23/h12-17,20,23H,3-11,18-19H2,1-2H3,(H,30,32). The highest BCUT2D eigenvalue weighted by molar-refractivity contribution is 7.90. The van der Waals surface area contributed by atoms with Gasteiger partial charge in [-0.2, -0.15) is 0 Å². The van der Waals surface area contributed by atoms with Crippen LogP contribution in [0.25, 0.3) is 0 Å². The predicted octanol–water partition coefficient (Wildman–Crippen LogP) is 4.73. The number of sulfonamides is 1. The first-order valence-corrected chi connectivity index (χ1v) is 14.9. The number of nitrogens with zero attached hydrogens (tertiary/aromatic N) is 2. The van der Waals surface area contributed by atoms with Crippen LogP contribution in [-0.2, 0) is 14.8 Å². The lowest BCUT2D eigenvalue weighted by Crippen LogP contribution is -2.33. The van der Waals surface area contributed by atoms with Crippen LogP contribution in [0.2, 0.25) is 0 Å². The van der Waals surface area contributed by atoms with Crippen LogP contribution in [-0.4, -0.2) is 55.3 Å². The Labute approximate surface area is 225 Å². The molecular weight excluding hydrogens is 506 g/mol. The number of aromatic nitrogens is 1. The van der Waals surface area contributed by atoms with Crippen molar-refractivity contribution in [2.75, 3.05) is 13.1 Å². The van der Waals surface area contributed by atoms with E-state index < -0.39 is 21.9 Å². The van der Waals surface area contributed by atoms with Crippen LogP contribution in [0, 0.1) is 0 Å². The highest BCUT2D eigenvalue weighted by atomic mass is 32.2. The van der Waals surface area contributed by atoms with Gasteiger partial charge in [0.1, 0.15) is 11.8 Å². The van der Waals surface area contributed by atoms with Crippen molar-refractivity contribution in [3.63, 3.8) is 0 Å². The molecule has 1 aromatic heterocycles. The normalized spacial score (nSPS) is 14.1. The summed E-state index contributed by atoms with van der Waals surface area (Å²) in [6, 6.07) is 8.21. The van der Waals surface area contributed by atoms with Gasteiger partial charge in [-0.1, -0.05) is 33.1 Å². The zero-order chi connectivity index (χ0) is 27.5. The van der Waals surface area contributed by atoms with Crippen LogP contribution in [0.4, 0.5) is 0 Å². The Morgan fingerprint density at radius 3 is 2.08 bits per heavy atom. The summed E-state index contributed by atoms with van der Waals surface area (Å²) in [5.41, 5.74) is 0.432. The van der Waals surface area contributed by atoms with Gasteiger partial charge in [-0.3, -0.25) is 9.59 Å². The number of carbonyl (C=O) groups excluding carboxylic acids is 3. The Bertz CT molecular complexity index is 1180. The van der Waals surface area contributed by atoms with E-state index in [4.69, 9.17) is 4.74 Å². The van der Waals surface area contributed by atoms with Gasteiger partial charge in [0.15, 0.2) is 0 Å². The molecule has 206 valence electrons. The average molecular weight is 544 g/mol. The van der Waals surface area contributed by atoms with Crippen molar-refractivity contribution in [2.24, 2.45) is 0 Å².